The first-order valence-corrected chi connectivity index (χ1v) is 11.0. The number of benzene rings is 1. The Hall–Kier alpha value is -2.09. The zero-order chi connectivity index (χ0) is 21.7. The van der Waals surface area contributed by atoms with Crippen molar-refractivity contribution in [1.82, 2.24) is 0 Å². The molecule has 0 bridgehead atoms. The van der Waals surface area contributed by atoms with Crippen LogP contribution in [0.2, 0.25) is 0 Å². The Balaban J connectivity index is 2.42. The first kappa shape index (κ1) is 23.2. The fraction of sp³-hybridized carbons (Fsp3) is 0.519. The Morgan fingerprint density at radius 1 is 1.03 bits per heavy atom. The van der Waals surface area contributed by atoms with Gasteiger partial charge in [0.05, 0.1) is 0 Å². The maximum Gasteiger partial charge on any atom is 0.328 e. The largest absolute Gasteiger partial charge is 0.478 e. The molecule has 2 heteroatoms. The quantitative estimate of drug-likeness (QED) is 0.284. The van der Waals surface area contributed by atoms with Crippen molar-refractivity contribution in [1.29, 1.82) is 0 Å². The molecular weight excluding hydrogens is 356 g/mol. The summed E-state index contributed by atoms with van der Waals surface area (Å²) in [5, 5.41) is 8.83. The maximum absolute atomic E-state index is 10.8. The third-order valence-electron chi connectivity index (χ3n) is 6.26. The van der Waals surface area contributed by atoms with Gasteiger partial charge in [-0.05, 0) is 71.3 Å². The minimum absolute atomic E-state index is 0.200. The molecule has 0 heterocycles. The first-order valence-electron chi connectivity index (χ1n) is 11.0. The molecule has 0 aromatic heterocycles. The Bertz CT molecular complexity index is 819. The topological polar surface area (TPSA) is 37.3 Å². The van der Waals surface area contributed by atoms with Gasteiger partial charge in [-0.15, -0.1) is 0 Å². The average molecular weight is 395 g/mol. The van der Waals surface area contributed by atoms with E-state index < -0.39 is 5.97 Å². The van der Waals surface area contributed by atoms with E-state index in [0.717, 1.165) is 12.0 Å². The number of hydrogen-bond donors (Lipinski definition) is 1. The van der Waals surface area contributed by atoms with E-state index in [9.17, 15) is 4.79 Å². The predicted molar refractivity (Wildman–Crippen MR) is 125 cm³/mol. The van der Waals surface area contributed by atoms with Crippen LogP contribution in [-0.2, 0) is 22.0 Å². The fourth-order valence-electron chi connectivity index (χ4n) is 4.22. The van der Waals surface area contributed by atoms with Crippen LogP contribution >= 0.6 is 0 Å². The second-order valence-electron chi connectivity index (χ2n) is 9.77. The molecule has 0 amide bonds. The van der Waals surface area contributed by atoms with E-state index in [0.29, 0.717) is 0 Å². The van der Waals surface area contributed by atoms with Crippen LogP contribution in [0.3, 0.4) is 0 Å². The van der Waals surface area contributed by atoms with Crippen LogP contribution in [0.1, 0.15) is 95.9 Å². The molecule has 0 unspecified atom stereocenters. The van der Waals surface area contributed by atoms with E-state index in [2.05, 4.69) is 52.8 Å². The molecule has 0 radical (unpaired) electrons. The highest BCUT2D eigenvalue weighted by atomic mass is 16.4. The number of rotatable bonds is 8. The number of unbranched alkanes of at least 4 members (excludes halogenated alkanes) is 2. The van der Waals surface area contributed by atoms with E-state index in [1.807, 2.05) is 18.2 Å². The molecule has 1 aromatic carbocycles. The van der Waals surface area contributed by atoms with Crippen LogP contribution in [0.25, 0.3) is 6.08 Å². The molecule has 29 heavy (non-hydrogen) atoms. The molecule has 0 spiro atoms. The van der Waals surface area contributed by atoms with E-state index in [4.69, 9.17) is 5.11 Å². The van der Waals surface area contributed by atoms with Crippen LogP contribution in [0.4, 0.5) is 0 Å². The van der Waals surface area contributed by atoms with Gasteiger partial charge in [0.25, 0.3) is 0 Å². The Labute approximate surface area is 177 Å². The summed E-state index contributed by atoms with van der Waals surface area (Å²) >= 11 is 0. The number of aryl methyl sites for hydroxylation is 1. The molecule has 1 aliphatic carbocycles. The van der Waals surface area contributed by atoms with Gasteiger partial charge in [-0.1, -0.05) is 83.9 Å². The molecule has 2 rings (SSSR count). The molecule has 158 valence electrons. The Kier molecular flexibility index (Phi) is 7.68. The molecule has 0 saturated carbocycles. The highest BCUT2D eigenvalue weighted by Crippen LogP contribution is 2.46. The molecule has 0 atom stereocenters. The minimum atomic E-state index is -0.908. The summed E-state index contributed by atoms with van der Waals surface area (Å²) in [4.78, 5) is 10.8. The summed E-state index contributed by atoms with van der Waals surface area (Å²) in [7, 11) is 0. The number of carbonyl (C=O) groups is 1. The van der Waals surface area contributed by atoms with Gasteiger partial charge in [-0.3, -0.25) is 0 Å². The lowest BCUT2D eigenvalue weighted by Gasteiger charge is -2.42. The normalized spacial score (nSPS) is 18.3. The highest BCUT2D eigenvalue weighted by Gasteiger charge is 2.37. The Morgan fingerprint density at radius 3 is 2.24 bits per heavy atom. The molecule has 0 aliphatic heterocycles. The lowest BCUT2D eigenvalue weighted by atomic mass is 9.62. The number of hydrogen-bond acceptors (Lipinski definition) is 1. The summed E-state index contributed by atoms with van der Waals surface area (Å²) in [6.07, 6.45) is 16.5. The van der Waals surface area contributed by atoms with Crippen molar-refractivity contribution >= 4 is 12.0 Å². The summed E-state index contributed by atoms with van der Waals surface area (Å²) in [5.74, 6) is -0.908. The average Bonchev–Trinajstić information content (AvgIpc) is 2.62. The highest BCUT2D eigenvalue weighted by molar-refractivity contribution is 5.81. The second-order valence-corrected chi connectivity index (χ2v) is 9.77. The number of aliphatic carboxylic acids is 1. The van der Waals surface area contributed by atoms with Crippen molar-refractivity contribution in [3.05, 3.63) is 64.3 Å². The summed E-state index contributed by atoms with van der Waals surface area (Å²) < 4.78 is 0. The van der Waals surface area contributed by atoms with Crippen molar-refractivity contribution < 1.29 is 9.90 Å². The van der Waals surface area contributed by atoms with Gasteiger partial charge in [0.15, 0.2) is 0 Å². The van der Waals surface area contributed by atoms with Crippen LogP contribution in [0.5, 0.6) is 0 Å². The first-order chi connectivity index (χ1) is 13.6. The molecule has 0 fully saturated rings. The number of carboxylic acids is 1. The zero-order valence-corrected chi connectivity index (χ0v) is 19.1. The van der Waals surface area contributed by atoms with Crippen molar-refractivity contribution in [3.8, 4) is 0 Å². The van der Waals surface area contributed by atoms with Crippen molar-refractivity contribution in [3.63, 3.8) is 0 Å². The SMILES string of the molecule is CCCCCc1cc2c(cc1/C=C/C=C/C(C)=C\C(=O)O)C(C)(C)CCC2(C)C. The molecular formula is C27H38O2. The lowest BCUT2D eigenvalue weighted by Crippen LogP contribution is -2.34. The predicted octanol–water partition coefficient (Wildman–Crippen LogP) is 7.37. The van der Waals surface area contributed by atoms with Gasteiger partial charge in [0.2, 0.25) is 0 Å². The van der Waals surface area contributed by atoms with Crippen molar-refractivity contribution in [2.45, 2.75) is 90.9 Å². The molecule has 1 N–H and O–H groups in total. The van der Waals surface area contributed by atoms with Crippen LogP contribution in [0, 0.1) is 0 Å². The monoisotopic (exact) mass is 394 g/mol. The number of fused-ring (bicyclic) bond motifs is 1. The zero-order valence-electron chi connectivity index (χ0n) is 19.1. The van der Waals surface area contributed by atoms with Crippen LogP contribution in [0.15, 0.2) is 42.0 Å². The van der Waals surface area contributed by atoms with E-state index >= 15 is 0 Å². The summed E-state index contributed by atoms with van der Waals surface area (Å²) in [5.41, 5.74) is 6.91. The molecule has 2 nitrogen and oxygen atoms in total. The maximum atomic E-state index is 10.8. The van der Waals surface area contributed by atoms with Gasteiger partial charge in [-0.25, -0.2) is 4.79 Å². The van der Waals surface area contributed by atoms with Crippen LogP contribution in [-0.4, -0.2) is 11.1 Å². The van der Waals surface area contributed by atoms with Gasteiger partial charge in [-0.2, -0.15) is 0 Å². The van der Waals surface area contributed by atoms with E-state index in [1.165, 1.54) is 60.4 Å². The molecule has 1 aliphatic rings. The van der Waals surface area contributed by atoms with Gasteiger partial charge in [0.1, 0.15) is 0 Å². The fourth-order valence-corrected chi connectivity index (χ4v) is 4.22. The summed E-state index contributed by atoms with van der Waals surface area (Å²) in [6, 6.07) is 4.90. The third-order valence-corrected chi connectivity index (χ3v) is 6.26. The van der Waals surface area contributed by atoms with Gasteiger partial charge < -0.3 is 5.11 Å². The lowest BCUT2D eigenvalue weighted by molar-refractivity contribution is -0.131. The molecule has 0 saturated heterocycles. The van der Waals surface area contributed by atoms with E-state index in [-0.39, 0.29) is 10.8 Å². The smallest absolute Gasteiger partial charge is 0.328 e. The standard InChI is InChI=1S/C27H38O2/c1-7-8-9-13-21-18-23-24(27(5,6)16-15-26(23,3)4)19-22(21)14-11-10-12-20(2)17-25(28)29/h10-12,14,17-19H,7-9,13,15-16H2,1-6H3,(H,28,29)/b12-10+,14-11+,20-17-. The van der Waals surface area contributed by atoms with Gasteiger partial charge >= 0.3 is 5.97 Å². The Morgan fingerprint density at radius 2 is 1.66 bits per heavy atom. The second kappa shape index (κ2) is 9.61. The minimum Gasteiger partial charge on any atom is -0.478 e. The van der Waals surface area contributed by atoms with E-state index in [1.54, 1.807) is 6.92 Å². The van der Waals surface area contributed by atoms with Crippen molar-refractivity contribution in [2.24, 2.45) is 0 Å². The van der Waals surface area contributed by atoms with Crippen LogP contribution < -0.4 is 0 Å². The number of carboxylic acid groups (broad SMARTS) is 1. The molecule has 1 aromatic rings. The third kappa shape index (κ3) is 6.19. The van der Waals surface area contributed by atoms with Gasteiger partial charge in [0, 0.05) is 6.08 Å². The number of allylic oxidation sites excluding steroid dienone is 4. The van der Waals surface area contributed by atoms with Crippen molar-refractivity contribution in [2.75, 3.05) is 0 Å². The summed E-state index contributed by atoms with van der Waals surface area (Å²) in [6.45, 7) is 13.5.